The monoisotopic (exact) mass is 261 g/mol. The molecule has 1 heterocycles. The maximum Gasteiger partial charge on any atom is 0.330 e. The number of rotatable bonds is 3. The Labute approximate surface area is 109 Å². The van der Waals surface area contributed by atoms with Crippen LogP contribution in [0.4, 0.5) is 5.69 Å². The van der Waals surface area contributed by atoms with Gasteiger partial charge in [0.05, 0.1) is 5.69 Å². The summed E-state index contributed by atoms with van der Waals surface area (Å²) in [4.78, 5) is 27.2. The van der Waals surface area contributed by atoms with E-state index < -0.39 is 17.9 Å². The van der Waals surface area contributed by atoms with Crippen LogP contribution in [-0.4, -0.2) is 35.1 Å². The summed E-state index contributed by atoms with van der Waals surface area (Å²) in [6, 6.07) is 5.94. The first-order valence-electron chi connectivity index (χ1n) is 5.76. The van der Waals surface area contributed by atoms with E-state index in [1.807, 2.05) is 31.2 Å². The van der Waals surface area contributed by atoms with Gasteiger partial charge in [-0.3, -0.25) is 4.79 Å². The average molecular weight is 261 g/mol. The van der Waals surface area contributed by atoms with Gasteiger partial charge in [-0.2, -0.15) is 0 Å². The lowest BCUT2D eigenvalue weighted by Gasteiger charge is -2.19. The van der Waals surface area contributed by atoms with Crippen molar-refractivity contribution < 1.29 is 14.7 Å². The third-order valence-corrected chi connectivity index (χ3v) is 3.06. The number of anilines is 1. The lowest BCUT2D eigenvalue weighted by Crippen LogP contribution is -2.47. The molecule has 0 spiro atoms. The Morgan fingerprint density at radius 2 is 2.00 bits per heavy atom. The molecule has 0 aliphatic heterocycles. The molecule has 1 aromatic carbocycles. The maximum absolute atomic E-state index is 12.0. The number of nitrogens with one attached hydrogen (secondary N) is 1. The van der Waals surface area contributed by atoms with Crippen LogP contribution in [0.5, 0.6) is 0 Å². The highest BCUT2D eigenvalue weighted by atomic mass is 16.4. The Hall–Kier alpha value is -2.34. The van der Waals surface area contributed by atoms with Gasteiger partial charge < -0.3 is 20.7 Å². The Kier molecular flexibility index (Phi) is 3.26. The predicted octanol–water partition coefficient (Wildman–Crippen LogP) is 0.851. The Balaban J connectivity index is 2.47. The number of hydrogen-bond acceptors (Lipinski definition) is 3. The van der Waals surface area contributed by atoms with Gasteiger partial charge in [0.15, 0.2) is 6.04 Å². The summed E-state index contributed by atoms with van der Waals surface area (Å²) in [7, 11) is 1.52. The largest absolute Gasteiger partial charge is 0.480 e. The normalized spacial score (nSPS) is 12.4. The number of H-pyrrole nitrogens is 1. The summed E-state index contributed by atoms with van der Waals surface area (Å²) in [6.45, 7) is 1.82. The number of para-hydroxylation sites is 1. The fraction of sp³-hybridized carbons (Fsp3) is 0.231. The minimum Gasteiger partial charge on any atom is -0.480 e. The van der Waals surface area contributed by atoms with Crippen LogP contribution in [0.2, 0.25) is 0 Å². The van der Waals surface area contributed by atoms with E-state index in [9.17, 15) is 9.59 Å². The predicted molar refractivity (Wildman–Crippen MR) is 72.1 cm³/mol. The number of aliphatic carboxylic acids is 1. The number of aryl methyl sites for hydroxylation is 1. The zero-order valence-electron chi connectivity index (χ0n) is 10.7. The number of amides is 1. The molecular formula is C13H15N3O3. The highest BCUT2D eigenvalue weighted by Crippen LogP contribution is 2.30. The van der Waals surface area contributed by atoms with Crippen LogP contribution in [-0.2, 0) is 9.59 Å². The third-order valence-electron chi connectivity index (χ3n) is 3.06. The van der Waals surface area contributed by atoms with E-state index in [4.69, 9.17) is 10.8 Å². The summed E-state index contributed by atoms with van der Waals surface area (Å²) < 4.78 is 0. The lowest BCUT2D eigenvalue weighted by atomic mass is 10.2. The van der Waals surface area contributed by atoms with Gasteiger partial charge in [0.25, 0.3) is 5.91 Å². The Bertz CT molecular complexity index is 648. The molecule has 2 rings (SSSR count). The first-order chi connectivity index (χ1) is 8.93. The van der Waals surface area contributed by atoms with Crippen LogP contribution in [0.25, 0.3) is 10.9 Å². The fourth-order valence-electron chi connectivity index (χ4n) is 2.12. The number of carbonyl (C=O) groups is 2. The van der Waals surface area contributed by atoms with E-state index in [1.54, 1.807) is 0 Å². The van der Waals surface area contributed by atoms with Crippen LogP contribution in [0.15, 0.2) is 24.3 Å². The topological polar surface area (TPSA) is 99.4 Å². The van der Waals surface area contributed by atoms with Crippen molar-refractivity contribution in [2.45, 2.75) is 13.0 Å². The minimum absolute atomic E-state index is 0.650. The number of nitrogens with two attached hydrogens (primary N) is 1. The highest BCUT2D eigenvalue weighted by Gasteiger charge is 2.27. The van der Waals surface area contributed by atoms with Crippen molar-refractivity contribution in [2.75, 3.05) is 11.9 Å². The molecule has 6 nitrogen and oxygen atoms in total. The van der Waals surface area contributed by atoms with E-state index in [0.717, 1.165) is 16.6 Å². The summed E-state index contributed by atoms with van der Waals surface area (Å²) >= 11 is 0. The number of hydrogen-bond donors (Lipinski definition) is 3. The summed E-state index contributed by atoms with van der Waals surface area (Å²) in [5.41, 5.74) is 7.68. The number of aromatic nitrogens is 1. The van der Waals surface area contributed by atoms with Gasteiger partial charge >= 0.3 is 5.97 Å². The van der Waals surface area contributed by atoms with Crippen LogP contribution in [0.3, 0.4) is 0 Å². The number of likely N-dealkylation sites (N-methyl/N-ethyl adjacent to an activating group) is 1. The molecular weight excluding hydrogens is 246 g/mol. The smallest absolute Gasteiger partial charge is 0.330 e. The number of nitrogens with zero attached hydrogens (tertiary/aromatic N) is 1. The number of carboxylic acids is 1. The average Bonchev–Trinajstić information content (AvgIpc) is 2.71. The number of carbonyl (C=O) groups excluding carboxylic acids is 1. The molecule has 0 bridgehead atoms. The maximum atomic E-state index is 12.0. The molecule has 1 amide bonds. The van der Waals surface area contributed by atoms with Crippen molar-refractivity contribution >= 4 is 28.5 Å². The summed E-state index contributed by atoms with van der Waals surface area (Å²) in [5.74, 6) is -1.99. The van der Waals surface area contributed by atoms with E-state index in [2.05, 4.69) is 4.98 Å². The second-order valence-electron chi connectivity index (χ2n) is 4.36. The van der Waals surface area contributed by atoms with Crippen LogP contribution >= 0.6 is 0 Å². The molecule has 0 aliphatic carbocycles. The summed E-state index contributed by atoms with van der Waals surface area (Å²) in [6.07, 6.45) is 0. The fourth-order valence-corrected chi connectivity index (χ4v) is 2.12. The van der Waals surface area contributed by atoms with Crippen LogP contribution < -0.4 is 10.6 Å². The Morgan fingerprint density at radius 1 is 1.37 bits per heavy atom. The molecule has 6 heteroatoms. The van der Waals surface area contributed by atoms with Gasteiger partial charge in [0.2, 0.25) is 0 Å². The van der Waals surface area contributed by atoms with E-state index >= 15 is 0 Å². The molecule has 1 unspecified atom stereocenters. The molecule has 4 N–H and O–H groups in total. The molecule has 1 atom stereocenters. The molecule has 2 aromatic rings. The van der Waals surface area contributed by atoms with Gasteiger partial charge in [-0.15, -0.1) is 0 Å². The van der Waals surface area contributed by atoms with Crippen molar-refractivity contribution in [2.24, 2.45) is 5.73 Å². The minimum atomic E-state index is -1.56. The Morgan fingerprint density at radius 3 is 2.63 bits per heavy atom. The summed E-state index contributed by atoms with van der Waals surface area (Å²) in [5, 5.41) is 9.66. The number of benzene rings is 1. The quantitative estimate of drug-likeness (QED) is 0.713. The van der Waals surface area contributed by atoms with Crippen molar-refractivity contribution in [3.8, 4) is 0 Å². The lowest BCUT2D eigenvalue weighted by molar-refractivity contribution is -0.142. The number of aromatic amines is 1. The SMILES string of the molecule is Cc1[nH]c2ccccc2c1N(C)C(=O)C(N)C(=O)O. The molecule has 1 aromatic heterocycles. The zero-order valence-corrected chi connectivity index (χ0v) is 10.7. The first-order valence-corrected chi connectivity index (χ1v) is 5.76. The van der Waals surface area contributed by atoms with Gasteiger partial charge in [-0.05, 0) is 13.0 Å². The molecule has 0 saturated carbocycles. The molecule has 100 valence electrons. The number of fused-ring (bicyclic) bond motifs is 1. The molecule has 0 saturated heterocycles. The zero-order chi connectivity index (χ0) is 14.2. The molecule has 19 heavy (non-hydrogen) atoms. The van der Waals surface area contributed by atoms with Crippen LogP contribution in [0.1, 0.15) is 5.69 Å². The van der Waals surface area contributed by atoms with E-state index in [-0.39, 0.29) is 0 Å². The van der Waals surface area contributed by atoms with Crippen molar-refractivity contribution in [3.63, 3.8) is 0 Å². The van der Waals surface area contributed by atoms with E-state index in [1.165, 1.54) is 11.9 Å². The van der Waals surface area contributed by atoms with E-state index in [0.29, 0.717) is 5.69 Å². The van der Waals surface area contributed by atoms with Gasteiger partial charge in [-0.1, -0.05) is 18.2 Å². The van der Waals surface area contributed by atoms with Crippen molar-refractivity contribution in [1.82, 2.24) is 4.98 Å². The first kappa shape index (κ1) is 13.1. The van der Waals surface area contributed by atoms with Gasteiger partial charge in [0, 0.05) is 23.6 Å². The van der Waals surface area contributed by atoms with Gasteiger partial charge in [0.1, 0.15) is 0 Å². The third kappa shape index (κ3) is 2.17. The number of carboxylic acid groups (broad SMARTS) is 1. The second-order valence-corrected chi connectivity index (χ2v) is 4.36. The standard InChI is InChI=1S/C13H15N3O3/c1-7-11(8-5-3-4-6-9(8)15-7)16(2)12(17)10(14)13(18)19/h3-6,10,15H,14H2,1-2H3,(H,18,19). The molecule has 0 aliphatic rings. The molecule has 0 fully saturated rings. The second kappa shape index (κ2) is 4.74. The molecule has 0 radical (unpaired) electrons. The van der Waals surface area contributed by atoms with Crippen molar-refractivity contribution in [1.29, 1.82) is 0 Å². The highest BCUT2D eigenvalue weighted by molar-refractivity contribution is 6.12. The van der Waals surface area contributed by atoms with Gasteiger partial charge in [-0.25, -0.2) is 4.79 Å². The van der Waals surface area contributed by atoms with Crippen molar-refractivity contribution in [3.05, 3.63) is 30.0 Å². The van der Waals surface area contributed by atoms with Crippen LogP contribution in [0, 0.1) is 6.92 Å².